The van der Waals surface area contributed by atoms with E-state index in [1.54, 1.807) is 0 Å². The molecule has 0 fully saturated rings. The molecule has 6 heteroatoms. The fourth-order valence-electron chi connectivity index (χ4n) is 1.67. The van der Waals surface area contributed by atoms with Crippen LogP contribution in [0.1, 0.15) is 18.9 Å². The van der Waals surface area contributed by atoms with Crippen LogP contribution >= 0.6 is 0 Å². The van der Waals surface area contributed by atoms with Crippen molar-refractivity contribution in [3.05, 3.63) is 35.9 Å². The summed E-state index contributed by atoms with van der Waals surface area (Å²) in [6.07, 6.45) is -5.14. The Kier molecular flexibility index (Phi) is 4.11. The van der Waals surface area contributed by atoms with Gasteiger partial charge >= 0.3 is 12.3 Å². The Hall–Kier alpha value is -1.43. The minimum absolute atomic E-state index is 0.412. The van der Waals surface area contributed by atoms with Crippen molar-refractivity contribution >= 4 is 5.78 Å². The first-order chi connectivity index (χ1) is 8.22. The van der Waals surface area contributed by atoms with E-state index >= 15 is 0 Å². The zero-order chi connectivity index (χ0) is 14.0. The number of hydrogen-bond acceptors (Lipinski definition) is 2. The molecule has 0 aliphatic carbocycles. The van der Waals surface area contributed by atoms with Gasteiger partial charge < -0.3 is 5.11 Å². The summed E-state index contributed by atoms with van der Waals surface area (Å²) in [4.78, 5) is 11.0. The summed E-state index contributed by atoms with van der Waals surface area (Å²) in [7, 11) is 0. The molecule has 0 spiro atoms. The Morgan fingerprint density at radius 3 is 2.17 bits per heavy atom. The van der Waals surface area contributed by atoms with Crippen LogP contribution in [0.4, 0.5) is 17.6 Å². The van der Waals surface area contributed by atoms with Gasteiger partial charge in [-0.2, -0.15) is 8.78 Å². The number of Topliss-reactive ketones (excluding diaryl/α,β-unsaturated/α-hetero) is 1. The van der Waals surface area contributed by atoms with Gasteiger partial charge in [0.2, 0.25) is 0 Å². The van der Waals surface area contributed by atoms with Crippen LogP contribution < -0.4 is 0 Å². The van der Waals surface area contributed by atoms with Crippen molar-refractivity contribution in [2.24, 2.45) is 0 Å². The third kappa shape index (κ3) is 2.53. The standard InChI is InChI=1S/C12H12F4O2/c1-8(17)7-11(18,12(15,16)10(13)14)9-5-3-2-4-6-9/h2-6,10,18H,7H2,1H3/t11-/m0/s1. The minimum atomic E-state index is -4.71. The van der Waals surface area contributed by atoms with Gasteiger partial charge in [0.25, 0.3) is 0 Å². The average Bonchev–Trinajstić information content (AvgIpc) is 2.28. The van der Waals surface area contributed by atoms with Crippen LogP contribution in [0.15, 0.2) is 30.3 Å². The van der Waals surface area contributed by atoms with Gasteiger partial charge in [0.15, 0.2) is 5.60 Å². The monoisotopic (exact) mass is 264 g/mol. The highest BCUT2D eigenvalue weighted by molar-refractivity contribution is 5.77. The largest absolute Gasteiger partial charge is 0.378 e. The summed E-state index contributed by atoms with van der Waals surface area (Å²) in [6, 6.07) is 6.29. The molecule has 1 rings (SSSR count). The molecular formula is C12H12F4O2. The van der Waals surface area contributed by atoms with Gasteiger partial charge in [0.05, 0.1) is 0 Å². The fourth-order valence-corrected chi connectivity index (χ4v) is 1.67. The molecule has 0 aliphatic heterocycles. The number of hydrogen-bond donors (Lipinski definition) is 1. The van der Waals surface area contributed by atoms with Gasteiger partial charge in [-0.15, -0.1) is 0 Å². The Balaban J connectivity index is 3.32. The maximum absolute atomic E-state index is 13.5. The van der Waals surface area contributed by atoms with Crippen molar-refractivity contribution in [2.75, 3.05) is 0 Å². The third-order valence-corrected chi connectivity index (χ3v) is 2.58. The molecule has 100 valence electrons. The smallest absolute Gasteiger partial charge is 0.339 e. The zero-order valence-electron chi connectivity index (χ0n) is 9.54. The number of ketones is 1. The highest BCUT2D eigenvalue weighted by Gasteiger charge is 2.60. The van der Waals surface area contributed by atoms with Crippen molar-refractivity contribution in [2.45, 2.75) is 31.3 Å². The molecule has 1 N–H and O–H groups in total. The predicted octanol–water partition coefficient (Wildman–Crippen LogP) is 2.75. The van der Waals surface area contributed by atoms with Crippen LogP contribution in [0.3, 0.4) is 0 Å². The van der Waals surface area contributed by atoms with Gasteiger partial charge in [-0.25, -0.2) is 8.78 Å². The quantitative estimate of drug-likeness (QED) is 0.830. The van der Waals surface area contributed by atoms with Crippen molar-refractivity contribution in [1.82, 2.24) is 0 Å². The van der Waals surface area contributed by atoms with E-state index in [2.05, 4.69) is 0 Å². The number of benzene rings is 1. The summed E-state index contributed by atoms with van der Waals surface area (Å²) >= 11 is 0. The molecule has 0 aliphatic rings. The normalized spacial score (nSPS) is 15.5. The number of aliphatic hydroxyl groups is 1. The number of carbonyl (C=O) groups excluding carboxylic acids is 1. The first kappa shape index (κ1) is 14.6. The molecule has 0 radical (unpaired) electrons. The van der Waals surface area contributed by atoms with Gasteiger partial charge in [-0.05, 0) is 12.5 Å². The summed E-state index contributed by atoms with van der Waals surface area (Å²) < 4.78 is 51.8. The van der Waals surface area contributed by atoms with Gasteiger partial charge in [0, 0.05) is 6.42 Å². The highest BCUT2D eigenvalue weighted by atomic mass is 19.3. The second-order valence-corrected chi connectivity index (χ2v) is 4.03. The lowest BCUT2D eigenvalue weighted by atomic mass is 9.83. The van der Waals surface area contributed by atoms with Crippen LogP contribution in [0.2, 0.25) is 0 Å². The predicted molar refractivity (Wildman–Crippen MR) is 56.6 cm³/mol. The van der Waals surface area contributed by atoms with Crippen LogP contribution in [-0.2, 0) is 10.4 Å². The lowest BCUT2D eigenvalue weighted by Gasteiger charge is -2.35. The van der Waals surface area contributed by atoms with E-state index in [0.29, 0.717) is 0 Å². The molecule has 2 nitrogen and oxygen atoms in total. The van der Waals surface area contributed by atoms with Gasteiger partial charge in [0.1, 0.15) is 5.78 Å². The maximum atomic E-state index is 13.5. The molecule has 1 aromatic carbocycles. The Bertz CT molecular complexity index is 419. The first-order valence-corrected chi connectivity index (χ1v) is 5.15. The minimum Gasteiger partial charge on any atom is -0.378 e. The zero-order valence-corrected chi connectivity index (χ0v) is 9.54. The topological polar surface area (TPSA) is 37.3 Å². The Morgan fingerprint density at radius 1 is 1.28 bits per heavy atom. The molecule has 18 heavy (non-hydrogen) atoms. The Morgan fingerprint density at radius 2 is 1.78 bits per heavy atom. The summed E-state index contributed by atoms with van der Waals surface area (Å²) in [5.74, 6) is -5.51. The van der Waals surface area contributed by atoms with Crippen LogP contribution in [0, 0.1) is 0 Å². The maximum Gasteiger partial charge on any atom is 0.339 e. The van der Waals surface area contributed by atoms with Gasteiger partial charge in [-0.1, -0.05) is 30.3 Å². The summed E-state index contributed by atoms with van der Waals surface area (Å²) in [6.45, 7) is 0.954. The number of alkyl halides is 4. The number of rotatable bonds is 5. The van der Waals surface area contributed by atoms with Crippen molar-refractivity contribution in [3.63, 3.8) is 0 Å². The van der Waals surface area contributed by atoms with E-state index < -0.39 is 35.7 Å². The fraction of sp³-hybridized carbons (Fsp3) is 0.417. The molecule has 0 unspecified atom stereocenters. The molecule has 0 heterocycles. The van der Waals surface area contributed by atoms with Crippen molar-refractivity contribution in [1.29, 1.82) is 0 Å². The molecule has 1 aromatic rings. The molecular weight excluding hydrogens is 252 g/mol. The molecule has 0 bridgehead atoms. The molecule has 1 atom stereocenters. The average molecular weight is 264 g/mol. The van der Waals surface area contributed by atoms with E-state index in [1.807, 2.05) is 0 Å². The summed E-state index contributed by atoms with van der Waals surface area (Å²) in [5, 5.41) is 9.90. The number of halogens is 4. The lowest BCUT2D eigenvalue weighted by Crippen LogP contribution is -2.51. The lowest BCUT2D eigenvalue weighted by molar-refractivity contribution is -0.249. The van der Waals surface area contributed by atoms with Crippen LogP contribution in [-0.4, -0.2) is 23.2 Å². The molecule has 0 aromatic heterocycles. The van der Waals surface area contributed by atoms with E-state index in [4.69, 9.17) is 0 Å². The molecule has 0 saturated heterocycles. The van der Waals surface area contributed by atoms with Gasteiger partial charge in [-0.3, -0.25) is 4.79 Å². The highest BCUT2D eigenvalue weighted by Crippen LogP contribution is 2.44. The molecule has 0 amide bonds. The Labute approximate surface area is 101 Å². The van der Waals surface area contributed by atoms with E-state index in [-0.39, 0.29) is 0 Å². The van der Waals surface area contributed by atoms with Crippen molar-refractivity contribution < 1.29 is 27.5 Å². The van der Waals surface area contributed by atoms with Crippen molar-refractivity contribution in [3.8, 4) is 0 Å². The molecule has 0 saturated carbocycles. The van der Waals surface area contributed by atoms with E-state index in [9.17, 15) is 27.5 Å². The van der Waals surface area contributed by atoms with Crippen LogP contribution in [0.25, 0.3) is 0 Å². The second-order valence-electron chi connectivity index (χ2n) is 4.03. The third-order valence-electron chi connectivity index (χ3n) is 2.58. The second kappa shape index (κ2) is 5.06. The van der Waals surface area contributed by atoms with Crippen LogP contribution in [0.5, 0.6) is 0 Å². The summed E-state index contributed by atoms with van der Waals surface area (Å²) in [5.41, 5.74) is -3.61. The first-order valence-electron chi connectivity index (χ1n) is 5.15. The van der Waals surface area contributed by atoms with E-state index in [0.717, 1.165) is 19.1 Å². The SMILES string of the molecule is CC(=O)C[C@](O)(c1ccccc1)C(F)(F)C(F)F. The number of carbonyl (C=O) groups is 1. The van der Waals surface area contributed by atoms with E-state index in [1.165, 1.54) is 18.2 Å².